The third-order valence-electron chi connectivity index (χ3n) is 3.39. The summed E-state index contributed by atoms with van der Waals surface area (Å²) in [6.07, 6.45) is 3.32. The Balaban J connectivity index is 2.21. The number of hydrogen-bond acceptors (Lipinski definition) is 3. The molecule has 1 aliphatic rings. The second kappa shape index (κ2) is 5.69. The molecule has 19 heavy (non-hydrogen) atoms. The minimum absolute atomic E-state index is 0.0348. The molecule has 0 heterocycles. The highest BCUT2D eigenvalue weighted by atomic mass is 16.5. The quantitative estimate of drug-likeness (QED) is 0.627. The molecule has 1 aromatic rings. The largest absolute Gasteiger partial charge is 0.462 e. The van der Waals surface area contributed by atoms with Gasteiger partial charge in [0.15, 0.2) is 0 Å². The monoisotopic (exact) mass is 259 g/mol. The minimum Gasteiger partial charge on any atom is -0.462 e. The Labute approximate surface area is 112 Å². The van der Waals surface area contributed by atoms with Gasteiger partial charge in [0, 0.05) is 17.6 Å². The van der Waals surface area contributed by atoms with Crippen LogP contribution in [0.5, 0.6) is 0 Å². The van der Waals surface area contributed by atoms with Crippen LogP contribution in [0.15, 0.2) is 36.9 Å². The molecule has 1 aliphatic carbocycles. The van der Waals surface area contributed by atoms with Crippen molar-refractivity contribution in [1.82, 2.24) is 0 Å². The van der Waals surface area contributed by atoms with E-state index in [0.29, 0.717) is 11.5 Å². The fourth-order valence-electron chi connectivity index (χ4n) is 2.25. The van der Waals surface area contributed by atoms with Gasteiger partial charge >= 0.3 is 5.97 Å². The van der Waals surface area contributed by atoms with Gasteiger partial charge < -0.3 is 10.5 Å². The number of hydrogen-bond donors (Lipinski definition) is 1. The topological polar surface area (TPSA) is 69.4 Å². The summed E-state index contributed by atoms with van der Waals surface area (Å²) in [6.45, 7) is 3.63. The molecule has 0 aromatic heterocycles. The summed E-state index contributed by atoms with van der Waals surface area (Å²) in [7, 11) is 0. The van der Waals surface area contributed by atoms with E-state index in [0.717, 1.165) is 24.5 Å². The van der Waals surface area contributed by atoms with E-state index in [2.05, 4.69) is 6.58 Å². The number of carbonyl (C=O) groups excluding carboxylic acids is 2. The first-order valence-corrected chi connectivity index (χ1v) is 6.31. The van der Waals surface area contributed by atoms with E-state index in [-0.39, 0.29) is 12.5 Å². The van der Waals surface area contributed by atoms with Crippen LogP contribution in [0.2, 0.25) is 0 Å². The van der Waals surface area contributed by atoms with Crippen molar-refractivity contribution in [2.24, 2.45) is 11.7 Å². The Morgan fingerprint density at radius 2 is 2.11 bits per heavy atom. The van der Waals surface area contributed by atoms with Gasteiger partial charge in [-0.05, 0) is 30.4 Å². The molecule has 0 spiro atoms. The van der Waals surface area contributed by atoms with Crippen molar-refractivity contribution in [1.29, 1.82) is 0 Å². The zero-order valence-corrected chi connectivity index (χ0v) is 10.7. The molecule has 1 aromatic carbocycles. The Hall–Kier alpha value is -2.10. The van der Waals surface area contributed by atoms with Crippen LogP contribution < -0.4 is 5.73 Å². The number of ether oxygens (including phenoxy) is 1. The number of amides is 1. The van der Waals surface area contributed by atoms with Crippen molar-refractivity contribution >= 4 is 11.9 Å². The van der Waals surface area contributed by atoms with Crippen LogP contribution in [-0.4, -0.2) is 18.5 Å². The minimum atomic E-state index is -0.448. The molecule has 0 bridgehead atoms. The molecule has 0 aliphatic heterocycles. The van der Waals surface area contributed by atoms with Crippen LogP contribution in [0.1, 0.15) is 34.7 Å². The summed E-state index contributed by atoms with van der Waals surface area (Å²) in [4.78, 5) is 22.6. The van der Waals surface area contributed by atoms with Gasteiger partial charge in [0.05, 0.1) is 6.61 Å². The molecular formula is C15H17NO3. The second-order valence-electron chi connectivity index (χ2n) is 4.73. The highest BCUT2D eigenvalue weighted by Crippen LogP contribution is 2.43. The number of primary amides is 1. The zero-order chi connectivity index (χ0) is 13.8. The molecule has 2 rings (SSSR count). The summed E-state index contributed by atoms with van der Waals surface area (Å²) in [5.74, 6) is -0.399. The van der Waals surface area contributed by atoms with Gasteiger partial charge in [-0.2, -0.15) is 0 Å². The first-order chi connectivity index (χ1) is 9.13. The van der Waals surface area contributed by atoms with Gasteiger partial charge in [0.2, 0.25) is 5.91 Å². The van der Waals surface area contributed by atoms with Crippen LogP contribution in [0.25, 0.3) is 0 Å². The molecule has 2 N–H and O–H groups in total. The molecule has 1 atom stereocenters. The highest BCUT2D eigenvalue weighted by molar-refractivity contribution is 5.94. The predicted molar refractivity (Wildman–Crippen MR) is 71.6 cm³/mol. The molecule has 0 radical (unpaired) electrons. The summed E-state index contributed by atoms with van der Waals surface area (Å²) in [5, 5.41) is 0. The Kier molecular flexibility index (Phi) is 4.00. The Bertz CT molecular complexity index is 506. The summed E-state index contributed by atoms with van der Waals surface area (Å²) >= 11 is 0. The number of esters is 1. The van der Waals surface area contributed by atoms with E-state index in [9.17, 15) is 9.59 Å². The summed E-state index contributed by atoms with van der Waals surface area (Å²) in [6, 6.07) is 7.24. The molecule has 0 saturated heterocycles. The van der Waals surface area contributed by atoms with Crippen LogP contribution in [0.4, 0.5) is 0 Å². The van der Waals surface area contributed by atoms with Gasteiger partial charge in [-0.15, -0.1) is 0 Å². The number of nitrogens with two attached hydrogens (primary N) is 1. The maximum atomic E-state index is 11.5. The lowest BCUT2D eigenvalue weighted by Crippen LogP contribution is -2.19. The second-order valence-corrected chi connectivity index (χ2v) is 4.73. The molecule has 1 saturated carbocycles. The predicted octanol–water partition coefficient (Wildman–Crippen LogP) is 2.01. The average Bonchev–Trinajstić information content (AvgIpc) is 3.23. The van der Waals surface area contributed by atoms with Crippen LogP contribution in [0, 0.1) is 5.92 Å². The summed E-state index contributed by atoms with van der Waals surface area (Å²) in [5.41, 5.74) is 6.77. The molecular weight excluding hydrogens is 242 g/mol. The van der Waals surface area contributed by atoms with E-state index >= 15 is 0 Å². The lowest BCUT2D eigenvalue weighted by molar-refractivity contribution is -0.138. The Morgan fingerprint density at radius 1 is 1.42 bits per heavy atom. The molecule has 4 heteroatoms. The van der Waals surface area contributed by atoms with Gasteiger partial charge in [-0.25, -0.2) is 4.79 Å². The van der Waals surface area contributed by atoms with Gasteiger partial charge in [-0.1, -0.05) is 24.8 Å². The number of carbonyl (C=O) groups is 2. The number of rotatable bonds is 6. The van der Waals surface area contributed by atoms with Crippen LogP contribution >= 0.6 is 0 Å². The normalized spacial score (nSPS) is 15.6. The third kappa shape index (κ3) is 3.22. The van der Waals surface area contributed by atoms with E-state index in [1.54, 1.807) is 12.1 Å². The fraction of sp³-hybridized carbons (Fsp3) is 0.333. The van der Waals surface area contributed by atoms with Crippen LogP contribution in [-0.2, 0) is 9.53 Å². The maximum Gasteiger partial charge on any atom is 0.330 e. The van der Waals surface area contributed by atoms with Gasteiger partial charge in [-0.3, -0.25) is 4.79 Å². The zero-order valence-electron chi connectivity index (χ0n) is 10.7. The van der Waals surface area contributed by atoms with Gasteiger partial charge in [0.1, 0.15) is 0 Å². The summed E-state index contributed by atoms with van der Waals surface area (Å²) < 4.78 is 5.13. The average molecular weight is 259 g/mol. The molecule has 1 unspecified atom stereocenters. The molecule has 1 fully saturated rings. The van der Waals surface area contributed by atoms with Gasteiger partial charge in [0.25, 0.3) is 0 Å². The lowest BCUT2D eigenvalue weighted by Gasteiger charge is -2.18. The molecule has 4 nitrogen and oxygen atoms in total. The Morgan fingerprint density at radius 3 is 2.68 bits per heavy atom. The SMILES string of the molecule is C=CC(=O)OCC(c1ccccc1C(N)=O)C1CC1. The lowest BCUT2D eigenvalue weighted by atomic mass is 9.90. The third-order valence-corrected chi connectivity index (χ3v) is 3.39. The van der Waals surface area contributed by atoms with Crippen molar-refractivity contribution < 1.29 is 14.3 Å². The first kappa shape index (κ1) is 13.3. The van der Waals surface area contributed by atoms with Crippen molar-refractivity contribution in [3.63, 3.8) is 0 Å². The van der Waals surface area contributed by atoms with E-state index in [1.807, 2.05) is 12.1 Å². The van der Waals surface area contributed by atoms with Crippen molar-refractivity contribution in [3.05, 3.63) is 48.0 Å². The van der Waals surface area contributed by atoms with Crippen LogP contribution in [0.3, 0.4) is 0 Å². The standard InChI is InChI=1S/C15H17NO3/c1-2-14(17)19-9-13(10-7-8-10)11-5-3-4-6-12(11)15(16)18/h2-6,10,13H,1,7-9H2,(H2,16,18). The maximum absolute atomic E-state index is 11.5. The first-order valence-electron chi connectivity index (χ1n) is 6.31. The smallest absolute Gasteiger partial charge is 0.330 e. The highest BCUT2D eigenvalue weighted by Gasteiger charge is 2.34. The fourth-order valence-corrected chi connectivity index (χ4v) is 2.25. The molecule has 100 valence electrons. The van der Waals surface area contributed by atoms with Crippen molar-refractivity contribution in [2.75, 3.05) is 6.61 Å². The van der Waals surface area contributed by atoms with E-state index in [4.69, 9.17) is 10.5 Å². The van der Waals surface area contributed by atoms with E-state index in [1.165, 1.54) is 0 Å². The number of benzene rings is 1. The van der Waals surface area contributed by atoms with Crippen molar-refractivity contribution in [2.45, 2.75) is 18.8 Å². The molecule has 1 amide bonds. The van der Waals surface area contributed by atoms with Crippen molar-refractivity contribution in [3.8, 4) is 0 Å². The van der Waals surface area contributed by atoms with E-state index < -0.39 is 11.9 Å².